The summed E-state index contributed by atoms with van der Waals surface area (Å²) in [7, 11) is 4.20. The number of hydrogen-bond acceptors (Lipinski definition) is 4. The van der Waals surface area contributed by atoms with Crippen molar-refractivity contribution in [3.63, 3.8) is 0 Å². The highest BCUT2D eigenvalue weighted by Gasteiger charge is 2.32. The number of anilines is 3. The standard InChI is InChI=1S/C27H27F3N4O/c1-15-24(11-17-10-20(34(2)3)7-9-23(17)31-15)32-19-6-4-16-12-26(35)33-25-13-18(27(28,29)30)5-8-21(25)22(16)14-19/h4-6,8,11,13-14,20,32H,7,9-10,12H2,1-3H3,(H,33,35)/t20-/m1/s1. The summed E-state index contributed by atoms with van der Waals surface area (Å²) in [5.74, 6) is -0.338. The molecule has 1 aliphatic heterocycles. The Morgan fingerprint density at radius 1 is 1.06 bits per heavy atom. The van der Waals surface area contributed by atoms with E-state index < -0.39 is 11.7 Å². The second-order valence-electron chi connectivity index (χ2n) is 9.57. The van der Waals surface area contributed by atoms with E-state index in [1.54, 1.807) is 0 Å². The zero-order valence-electron chi connectivity index (χ0n) is 19.9. The lowest BCUT2D eigenvalue weighted by atomic mass is 9.90. The van der Waals surface area contributed by atoms with Crippen molar-refractivity contribution in [3.8, 4) is 11.1 Å². The first-order chi connectivity index (χ1) is 16.6. The Morgan fingerprint density at radius 2 is 1.86 bits per heavy atom. The Balaban J connectivity index is 1.51. The highest BCUT2D eigenvalue weighted by molar-refractivity contribution is 6.01. The van der Waals surface area contributed by atoms with Crippen LogP contribution in [0, 0.1) is 6.92 Å². The van der Waals surface area contributed by atoms with Gasteiger partial charge < -0.3 is 15.5 Å². The van der Waals surface area contributed by atoms with Crippen LogP contribution < -0.4 is 10.6 Å². The predicted molar refractivity (Wildman–Crippen MR) is 131 cm³/mol. The first-order valence-corrected chi connectivity index (χ1v) is 11.7. The molecule has 182 valence electrons. The maximum absolute atomic E-state index is 13.3. The molecule has 8 heteroatoms. The number of nitrogens with one attached hydrogen (secondary N) is 2. The molecule has 2 heterocycles. The molecule has 0 bridgehead atoms. The molecule has 2 aromatic carbocycles. The highest BCUT2D eigenvalue weighted by atomic mass is 19.4. The van der Waals surface area contributed by atoms with Gasteiger partial charge in [-0.25, -0.2) is 0 Å². The Morgan fingerprint density at radius 3 is 2.60 bits per heavy atom. The van der Waals surface area contributed by atoms with E-state index in [0.29, 0.717) is 11.6 Å². The number of alkyl halides is 3. The lowest BCUT2D eigenvalue weighted by Gasteiger charge is -2.30. The molecule has 2 N–H and O–H groups in total. The lowest BCUT2D eigenvalue weighted by molar-refractivity contribution is -0.137. The van der Waals surface area contributed by atoms with Crippen molar-refractivity contribution < 1.29 is 18.0 Å². The van der Waals surface area contributed by atoms with Gasteiger partial charge in [-0.3, -0.25) is 9.78 Å². The fourth-order valence-electron chi connectivity index (χ4n) is 4.96. The number of aromatic nitrogens is 1. The van der Waals surface area contributed by atoms with Gasteiger partial charge in [-0.05, 0) is 87.3 Å². The van der Waals surface area contributed by atoms with E-state index in [1.807, 2.05) is 25.1 Å². The number of halogens is 3. The van der Waals surface area contributed by atoms with E-state index in [4.69, 9.17) is 4.98 Å². The lowest BCUT2D eigenvalue weighted by Crippen LogP contribution is -2.34. The molecule has 0 fully saturated rings. The predicted octanol–water partition coefficient (Wildman–Crippen LogP) is 5.73. The first kappa shape index (κ1) is 23.4. The van der Waals surface area contributed by atoms with Crippen LogP contribution in [0.1, 0.15) is 34.5 Å². The van der Waals surface area contributed by atoms with Crippen LogP contribution in [0.15, 0.2) is 42.5 Å². The maximum atomic E-state index is 13.3. The van der Waals surface area contributed by atoms with E-state index >= 15 is 0 Å². The van der Waals surface area contributed by atoms with Gasteiger partial charge in [0.25, 0.3) is 0 Å². The van der Waals surface area contributed by atoms with E-state index in [1.165, 1.54) is 11.6 Å². The van der Waals surface area contributed by atoms with Crippen molar-refractivity contribution in [2.24, 2.45) is 0 Å². The van der Waals surface area contributed by atoms with Gasteiger partial charge in [-0.2, -0.15) is 13.2 Å². The van der Waals surface area contributed by atoms with E-state index in [-0.39, 0.29) is 18.0 Å². The minimum absolute atomic E-state index is 0.0942. The summed E-state index contributed by atoms with van der Waals surface area (Å²) >= 11 is 0. The van der Waals surface area contributed by atoms with Crippen LogP contribution in [-0.4, -0.2) is 35.9 Å². The minimum atomic E-state index is -4.49. The number of benzene rings is 2. The summed E-state index contributed by atoms with van der Waals surface area (Å²) in [4.78, 5) is 19.5. The molecule has 2 aliphatic rings. The molecule has 1 atom stereocenters. The number of fused-ring (bicyclic) bond motifs is 4. The van der Waals surface area contributed by atoms with E-state index in [9.17, 15) is 18.0 Å². The molecule has 5 nitrogen and oxygen atoms in total. The van der Waals surface area contributed by atoms with E-state index in [0.717, 1.165) is 65.3 Å². The Labute approximate surface area is 202 Å². The number of pyridine rings is 1. The van der Waals surface area contributed by atoms with Crippen molar-refractivity contribution in [2.45, 2.75) is 44.8 Å². The van der Waals surface area contributed by atoms with Gasteiger partial charge in [0.1, 0.15) is 0 Å². The summed E-state index contributed by atoms with van der Waals surface area (Å²) in [6, 6.07) is 11.8. The summed E-state index contributed by atoms with van der Waals surface area (Å²) in [5.41, 5.74) is 6.40. The average Bonchev–Trinajstić information content (AvgIpc) is 2.93. The fraction of sp³-hybridized carbons (Fsp3) is 0.333. The van der Waals surface area contributed by atoms with Gasteiger partial charge >= 0.3 is 6.18 Å². The van der Waals surface area contributed by atoms with Gasteiger partial charge in [0, 0.05) is 28.7 Å². The fourth-order valence-corrected chi connectivity index (χ4v) is 4.96. The molecule has 0 saturated carbocycles. The third-order valence-electron chi connectivity index (χ3n) is 6.93. The van der Waals surface area contributed by atoms with E-state index in [2.05, 4.69) is 35.7 Å². The minimum Gasteiger partial charge on any atom is -0.354 e. The quantitative estimate of drug-likeness (QED) is 0.503. The SMILES string of the molecule is Cc1nc2c(cc1Nc1ccc3c(c1)-c1ccc(C(F)(F)F)cc1NC(=O)C3)C[C@H](N(C)C)CC2. The Bertz CT molecular complexity index is 1320. The zero-order valence-corrected chi connectivity index (χ0v) is 19.9. The third-order valence-corrected chi connectivity index (χ3v) is 6.93. The Kier molecular flexibility index (Phi) is 5.79. The van der Waals surface area contributed by atoms with Crippen LogP contribution in [0.2, 0.25) is 0 Å². The zero-order chi connectivity index (χ0) is 24.9. The number of amides is 1. The average molecular weight is 481 g/mol. The molecule has 0 radical (unpaired) electrons. The van der Waals surface area contributed by atoms with Gasteiger partial charge in [0.05, 0.1) is 23.4 Å². The van der Waals surface area contributed by atoms with Crippen LogP contribution in [0.5, 0.6) is 0 Å². The molecular weight excluding hydrogens is 453 g/mol. The number of carbonyl (C=O) groups is 1. The smallest absolute Gasteiger partial charge is 0.354 e. The monoisotopic (exact) mass is 480 g/mol. The number of likely N-dealkylation sites (N-methyl/N-ethyl adjacent to an activating group) is 1. The van der Waals surface area contributed by atoms with Crippen molar-refractivity contribution in [1.29, 1.82) is 0 Å². The van der Waals surface area contributed by atoms with Crippen LogP contribution in [0.25, 0.3) is 11.1 Å². The molecule has 1 aromatic heterocycles. The molecule has 3 aromatic rings. The largest absolute Gasteiger partial charge is 0.416 e. The first-order valence-electron chi connectivity index (χ1n) is 11.7. The van der Waals surface area contributed by atoms with Crippen molar-refractivity contribution in [2.75, 3.05) is 24.7 Å². The molecule has 1 aliphatic carbocycles. The molecule has 1 amide bonds. The highest BCUT2D eigenvalue weighted by Crippen LogP contribution is 2.40. The van der Waals surface area contributed by atoms with Crippen LogP contribution in [0.4, 0.5) is 30.2 Å². The number of aryl methyl sites for hydroxylation is 2. The van der Waals surface area contributed by atoms with Crippen molar-refractivity contribution in [3.05, 3.63) is 70.5 Å². The molecule has 0 unspecified atom stereocenters. The third kappa shape index (κ3) is 4.62. The number of carbonyl (C=O) groups excluding carboxylic acids is 1. The van der Waals surface area contributed by atoms with Crippen LogP contribution in [-0.2, 0) is 30.2 Å². The number of nitrogens with zero attached hydrogens (tertiary/aromatic N) is 2. The topological polar surface area (TPSA) is 57.3 Å². The normalized spacial score (nSPS) is 17.2. The summed E-state index contributed by atoms with van der Waals surface area (Å²) in [6.45, 7) is 1.97. The Hall–Kier alpha value is -3.39. The van der Waals surface area contributed by atoms with Crippen molar-refractivity contribution in [1.82, 2.24) is 9.88 Å². The number of hydrogen-bond donors (Lipinski definition) is 2. The second kappa shape index (κ2) is 8.68. The van der Waals surface area contributed by atoms with Crippen LogP contribution in [0.3, 0.4) is 0 Å². The summed E-state index contributed by atoms with van der Waals surface area (Å²) in [6.07, 6.45) is -1.41. The molecular formula is C27H27F3N4O. The molecule has 35 heavy (non-hydrogen) atoms. The van der Waals surface area contributed by atoms with Crippen molar-refractivity contribution >= 4 is 23.0 Å². The van der Waals surface area contributed by atoms with Gasteiger partial charge in [-0.1, -0.05) is 12.1 Å². The number of rotatable bonds is 3. The second-order valence-corrected chi connectivity index (χ2v) is 9.57. The molecule has 0 spiro atoms. The van der Waals surface area contributed by atoms with Gasteiger partial charge in [-0.15, -0.1) is 0 Å². The maximum Gasteiger partial charge on any atom is 0.416 e. The summed E-state index contributed by atoms with van der Waals surface area (Å²) < 4.78 is 39.8. The van der Waals surface area contributed by atoms with Crippen LogP contribution >= 0.6 is 0 Å². The molecule has 0 saturated heterocycles. The molecule has 5 rings (SSSR count). The van der Waals surface area contributed by atoms with Gasteiger partial charge in [0.2, 0.25) is 5.91 Å². The van der Waals surface area contributed by atoms with Gasteiger partial charge in [0.15, 0.2) is 0 Å². The summed E-state index contributed by atoms with van der Waals surface area (Å²) in [5, 5.41) is 6.09.